The molecule has 0 aromatic carbocycles. The minimum Gasteiger partial charge on any atom is -0.366 e. The summed E-state index contributed by atoms with van der Waals surface area (Å²) in [5, 5.41) is 6.68. The number of hydrogen-bond acceptors (Lipinski definition) is 4. The van der Waals surface area contributed by atoms with Crippen LogP contribution in [0.25, 0.3) is 5.78 Å². The smallest absolute Gasteiger partial charge is 0.366 e. The molecule has 3 rings (SSSR count). The number of anilines is 1. The van der Waals surface area contributed by atoms with Crippen molar-refractivity contribution >= 4 is 11.6 Å². The third-order valence-corrected chi connectivity index (χ3v) is 3.05. The molecule has 1 aliphatic carbocycles. The molecule has 0 unspecified atom stereocenters. The van der Waals surface area contributed by atoms with E-state index in [0.29, 0.717) is 11.5 Å². The number of alkyl halides is 3. The molecule has 0 amide bonds. The van der Waals surface area contributed by atoms with Gasteiger partial charge in [0.25, 0.3) is 11.6 Å². The van der Waals surface area contributed by atoms with Crippen molar-refractivity contribution < 1.29 is 13.2 Å². The van der Waals surface area contributed by atoms with Gasteiger partial charge in [-0.05, 0) is 19.8 Å². The van der Waals surface area contributed by atoms with Crippen LogP contribution in [0.15, 0.2) is 18.2 Å². The Bertz CT molecular complexity index is 666. The Morgan fingerprint density at radius 3 is 2.60 bits per heavy atom. The van der Waals surface area contributed by atoms with Crippen molar-refractivity contribution in [3.63, 3.8) is 0 Å². The Kier molecular flexibility index (Phi) is 2.88. The summed E-state index contributed by atoms with van der Waals surface area (Å²) in [6.07, 6.45) is 1.16. The lowest BCUT2D eigenvalue weighted by atomic mass is 10.2. The zero-order valence-electron chi connectivity index (χ0n) is 10.6. The van der Waals surface area contributed by atoms with Crippen molar-refractivity contribution in [2.24, 2.45) is 0 Å². The van der Waals surface area contributed by atoms with Gasteiger partial charge < -0.3 is 5.32 Å². The van der Waals surface area contributed by atoms with Crippen molar-refractivity contribution in [3.05, 3.63) is 29.7 Å². The van der Waals surface area contributed by atoms with Gasteiger partial charge in [-0.1, -0.05) is 12.2 Å². The third-order valence-electron chi connectivity index (χ3n) is 3.05. The van der Waals surface area contributed by atoms with Crippen LogP contribution in [0.4, 0.5) is 19.0 Å². The Morgan fingerprint density at radius 1 is 1.25 bits per heavy atom. The molecule has 1 aliphatic rings. The predicted octanol–water partition coefficient (Wildman–Crippen LogP) is 2.58. The molecule has 106 valence electrons. The molecule has 0 saturated heterocycles. The van der Waals surface area contributed by atoms with E-state index in [1.807, 2.05) is 12.2 Å². The molecule has 0 aliphatic heterocycles. The van der Waals surface area contributed by atoms with Crippen LogP contribution >= 0.6 is 0 Å². The molecule has 0 spiro atoms. The largest absolute Gasteiger partial charge is 0.453 e. The summed E-state index contributed by atoms with van der Waals surface area (Å²) in [6, 6.07) is 1.83. The number of rotatable bonds is 2. The van der Waals surface area contributed by atoms with Gasteiger partial charge in [-0.15, -0.1) is 5.10 Å². The van der Waals surface area contributed by atoms with Crippen LogP contribution in [-0.4, -0.2) is 25.6 Å². The van der Waals surface area contributed by atoms with E-state index < -0.39 is 12.0 Å². The van der Waals surface area contributed by atoms with Crippen LogP contribution in [0, 0.1) is 6.92 Å². The summed E-state index contributed by atoms with van der Waals surface area (Å²) < 4.78 is 39.1. The summed E-state index contributed by atoms with van der Waals surface area (Å²) in [7, 11) is 0. The lowest BCUT2D eigenvalue weighted by molar-refractivity contribution is -0.144. The van der Waals surface area contributed by atoms with E-state index in [1.165, 1.54) is 0 Å². The molecule has 0 fully saturated rings. The summed E-state index contributed by atoms with van der Waals surface area (Å²) in [5.41, 5.74) is 0.590. The standard InChI is InChI=1S/C12H12F3N5/c1-7-6-9(17-8-4-2-3-5-8)20-11(16-7)18-10(19-20)12(13,14)15/h2-3,6,8,17H,4-5H2,1H3. The van der Waals surface area contributed by atoms with Gasteiger partial charge in [0.1, 0.15) is 5.82 Å². The van der Waals surface area contributed by atoms with Gasteiger partial charge in [-0.3, -0.25) is 0 Å². The quantitative estimate of drug-likeness (QED) is 0.861. The number of fused-ring (bicyclic) bond motifs is 1. The Labute approximate surface area is 112 Å². The summed E-state index contributed by atoms with van der Waals surface area (Å²) in [6.45, 7) is 1.71. The minimum absolute atomic E-state index is 0.0502. The van der Waals surface area contributed by atoms with Crippen molar-refractivity contribution in [1.29, 1.82) is 0 Å². The Balaban J connectivity index is 2.03. The average Bonchev–Trinajstić information content (AvgIpc) is 2.95. The molecule has 2 aromatic rings. The van der Waals surface area contributed by atoms with E-state index in [0.717, 1.165) is 17.4 Å². The summed E-state index contributed by atoms with van der Waals surface area (Å²) in [4.78, 5) is 7.42. The molecule has 0 saturated carbocycles. The number of aromatic nitrogens is 4. The maximum absolute atomic E-state index is 12.7. The van der Waals surface area contributed by atoms with Crippen LogP contribution < -0.4 is 5.32 Å². The highest BCUT2D eigenvalue weighted by Crippen LogP contribution is 2.27. The first-order chi connectivity index (χ1) is 9.43. The lowest BCUT2D eigenvalue weighted by Crippen LogP contribution is -2.18. The van der Waals surface area contributed by atoms with Crippen LogP contribution in [0.3, 0.4) is 0 Å². The maximum Gasteiger partial charge on any atom is 0.453 e. The Hall–Kier alpha value is -2.12. The number of nitrogens with zero attached hydrogens (tertiary/aromatic N) is 4. The topological polar surface area (TPSA) is 55.1 Å². The van der Waals surface area contributed by atoms with E-state index in [-0.39, 0.29) is 11.8 Å². The van der Waals surface area contributed by atoms with E-state index in [9.17, 15) is 13.2 Å². The molecular formula is C12H12F3N5. The number of nitrogens with one attached hydrogen (secondary N) is 1. The second-order valence-corrected chi connectivity index (χ2v) is 4.71. The number of hydrogen-bond donors (Lipinski definition) is 1. The van der Waals surface area contributed by atoms with E-state index in [1.54, 1.807) is 13.0 Å². The lowest BCUT2D eigenvalue weighted by Gasteiger charge is -2.14. The average molecular weight is 283 g/mol. The molecule has 8 heteroatoms. The Morgan fingerprint density at radius 2 is 1.95 bits per heavy atom. The van der Waals surface area contributed by atoms with Crippen molar-refractivity contribution in [3.8, 4) is 0 Å². The molecule has 0 radical (unpaired) electrons. The number of aryl methyl sites for hydroxylation is 1. The van der Waals surface area contributed by atoms with Crippen LogP contribution in [0.5, 0.6) is 0 Å². The molecule has 0 bridgehead atoms. The monoisotopic (exact) mass is 283 g/mol. The van der Waals surface area contributed by atoms with Gasteiger partial charge in [-0.25, -0.2) is 4.98 Å². The second kappa shape index (κ2) is 4.46. The van der Waals surface area contributed by atoms with Gasteiger partial charge in [-0.2, -0.15) is 22.7 Å². The fraction of sp³-hybridized carbons (Fsp3) is 0.417. The van der Waals surface area contributed by atoms with Crippen LogP contribution in [0.1, 0.15) is 24.4 Å². The third kappa shape index (κ3) is 2.33. The second-order valence-electron chi connectivity index (χ2n) is 4.71. The predicted molar refractivity (Wildman–Crippen MR) is 66.3 cm³/mol. The summed E-state index contributed by atoms with van der Waals surface area (Å²) >= 11 is 0. The normalized spacial score (nSPS) is 16.2. The zero-order valence-corrected chi connectivity index (χ0v) is 10.6. The molecule has 2 aromatic heterocycles. The molecule has 20 heavy (non-hydrogen) atoms. The fourth-order valence-electron chi connectivity index (χ4n) is 2.15. The fourth-order valence-corrected chi connectivity index (χ4v) is 2.15. The first-order valence-corrected chi connectivity index (χ1v) is 6.16. The highest BCUT2D eigenvalue weighted by atomic mass is 19.4. The SMILES string of the molecule is Cc1cc(NC2CC=CC2)n2nc(C(F)(F)F)nc2n1. The molecular weight excluding hydrogens is 271 g/mol. The van der Waals surface area contributed by atoms with Gasteiger partial charge in [0.05, 0.1) is 0 Å². The molecule has 2 heterocycles. The van der Waals surface area contributed by atoms with Crippen molar-refractivity contribution in [1.82, 2.24) is 19.6 Å². The minimum atomic E-state index is -4.58. The van der Waals surface area contributed by atoms with Crippen LogP contribution in [0.2, 0.25) is 0 Å². The van der Waals surface area contributed by atoms with E-state index in [4.69, 9.17) is 0 Å². The molecule has 5 nitrogen and oxygen atoms in total. The van der Waals surface area contributed by atoms with Crippen LogP contribution in [-0.2, 0) is 6.18 Å². The van der Waals surface area contributed by atoms with E-state index in [2.05, 4.69) is 20.4 Å². The zero-order chi connectivity index (χ0) is 14.3. The summed E-state index contributed by atoms with van der Waals surface area (Å²) in [5.74, 6) is -0.752. The van der Waals surface area contributed by atoms with Gasteiger partial charge >= 0.3 is 6.18 Å². The van der Waals surface area contributed by atoms with Crippen molar-refractivity contribution in [2.75, 3.05) is 5.32 Å². The highest BCUT2D eigenvalue weighted by molar-refractivity contribution is 5.46. The first kappa shape index (κ1) is 12.9. The number of halogens is 3. The highest BCUT2D eigenvalue weighted by Gasteiger charge is 2.36. The molecule has 0 atom stereocenters. The van der Waals surface area contributed by atoms with Gasteiger partial charge in [0.2, 0.25) is 0 Å². The van der Waals surface area contributed by atoms with E-state index >= 15 is 0 Å². The van der Waals surface area contributed by atoms with Crippen molar-refractivity contribution in [2.45, 2.75) is 32.0 Å². The molecule has 1 N–H and O–H groups in total. The maximum atomic E-state index is 12.7. The first-order valence-electron chi connectivity index (χ1n) is 6.16. The van der Waals surface area contributed by atoms with Gasteiger partial charge in [0, 0.05) is 17.8 Å². The van der Waals surface area contributed by atoms with Gasteiger partial charge in [0.15, 0.2) is 0 Å².